The van der Waals surface area contributed by atoms with Gasteiger partial charge in [0.2, 0.25) is 5.91 Å². The molecule has 136 valence electrons. The Kier molecular flexibility index (Phi) is 4.94. The Morgan fingerprint density at radius 3 is 2.58 bits per heavy atom. The highest BCUT2D eigenvalue weighted by Gasteiger charge is 2.22. The molecule has 1 aromatic carbocycles. The Bertz CT molecular complexity index is 1080. The Balaban J connectivity index is 2.39. The molecule has 2 aromatic heterocycles. The molecule has 5 nitrogen and oxygen atoms in total. The highest BCUT2D eigenvalue weighted by molar-refractivity contribution is 8.00. The maximum absolute atomic E-state index is 13.4. The summed E-state index contributed by atoms with van der Waals surface area (Å²) in [6.45, 7) is 9.65. The Hall–Kier alpha value is -2.12. The summed E-state index contributed by atoms with van der Waals surface area (Å²) in [5, 5.41) is 0.645. The van der Waals surface area contributed by atoms with Crippen LogP contribution in [-0.2, 0) is 4.79 Å². The minimum absolute atomic E-state index is 0.107. The number of amides is 1. The number of aryl methyl sites for hydroxylation is 3. The van der Waals surface area contributed by atoms with Gasteiger partial charge in [0.25, 0.3) is 5.56 Å². The standard InChI is InChI=1S/C19H21N3O2S2/c1-9-7-6-8-14(10(9)2)22-18(24)15-11(3)12(4)25-17(15)21-19(22)26-13(5)16(20)23/h6-8,13H,1-5H3,(H2,20,23). The van der Waals surface area contributed by atoms with Crippen molar-refractivity contribution in [3.8, 4) is 5.69 Å². The molecule has 2 N–H and O–H groups in total. The van der Waals surface area contributed by atoms with Gasteiger partial charge in [-0.3, -0.25) is 14.2 Å². The summed E-state index contributed by atoms with van der Waals surface area (Å²) in [7, 11) is 0. The van der Waals surface area contributed by atoms with Gasteiger partial charge < -0.3 is 5.73 Å². The third kappa shape index (κ3) is 3.05. The van der Waals surface area contributed by atoms with Crippen molar-refractivity contribution in [1.82, 2.24) is 9.55 Å². The van der Waals surface area contributed by atoms with E-state index in [1.165, 1.54) is 23.1 Å². The number of thiophene rings is 1. The molecule has 26 heavy (non-hydrogen) atoms. The van der Waals surface area contributed by atoms with Crippen LogP contribution in [0.2, 0.25) is 0 Å². The van der Waals surface area contributed by atoms with Crippen LogP contribution in [0.1, 0.15) is 28.5 Å². The molecule has 0 fully saturated rings. The van der Waals surface area contributed by atoms with Crippen LogP contribution in [0.25, 0.3) is 15.9 Å². The first-order chi connectivity index (χ1) is 12.2. The third-order valence-electron chi connectivity index (χ3n) is 4.67. The molecule has 2 heterocycles. The van der Waals surface area contributed by atoms with E-state index in [0.29, 0.717) is 15.4 Å². The summed E-state index contributed by atoms with van der Waals surface area (Å²) in [6, 6.07) is 5.84. The van der Waals surface area contributed by atoms with Crippen LogP contribution in [0.15, 0.2) is 28.2 Å². The molecule has 7 heteroatoms. The maximum atomic E-state index is 13.4. The van der Waals surface area contributed by atoms with E-state index in [0.717, 1.165) is 27.3 Å². The van der Waals surface area contributed by atoms with E-state index in [4.69, 9.17) is 10.7 Å². The van der Waals surface area contributed by atoms with Crippen molar-refractivity contribution >= 4 is 39.2 Å². The molecule has 0 saturated carbocycles. The zero-order chi connectivity index (χ0) is 19.2. The number of aromatic nitrogens is 2. The van der Waals surface area contributed by atoms with Gasteiger partial charge in [-0.25, -0.2) is 4.98 Å². The predicted octanol–water partition coefficient (Wildman–Crippen LogP) is 3.65. The lowest BCUT2D eigenvalue weighted by molar-refractivity contribution is -0.117. The lowest BCUT2D eigenvalue weighted by Gasteiger charge is -2.17. The monoisotopic (exact) mass is 387 g/mol. The van der Waals surface area contributed by atoms with Gasteiger partial charge in [-0.05, 0) is 57.4 Å². The highest BCUT2D eigenvalue weighted by atomic mass is 32.2. The molecule has 0 spiro atoms. The van der Waals surface area contributed by atoms with Crippen molar-refractivity contribution < 1.29 is 4.79 Å². The smallest absolute Gasteiger partial charge is 0.267 e. The van der Waals surface area contributed by atoms with E-state index < -0.39 is 11.2 Å². The average molecular weight is 388 g/mol. The maximum Gasteiger partial charge on any atom is 0.267 e. The average Bonchev–Trinajstić information content (AvgIpc) is 2.85. The van der Waals surface area contributed by atoms with Gasteiger partial charge >= 0.3 is 0 Å². The normalized spacial score (nSPS) is 12.5. The molecule has 3 rings (SSSR count). The van der Waals surface area contributed by atoms with Crippen LogP contribution in [0.4, 0.5) is 0 Å². The number of primary amides is 1. The Morgan fingerprint density at radius 2 is 1.92 bits per heavy atom. The van der Waals surface area contributed by atoms with Crippen molar-refractivity contribution in [3.05, 3.63) is 50.1 Å². The van der Waals surface area contributed by atoms with E-state index in [2.05, 4.69) is 0 Å². The summed E-state index contributed by atoms with van der Waals surface area (Å²) in [5.74, 6) is -0.435. The molecule has 1 atom stereocenters. The second-order valence-corrected chi connectivity index (χ2v) is 8.89. The number of nitrogens with zero attached hydrogens (tertiary/aromatic N) is 2. The second-order valence-electron chi connectivity index (χ2n) is 6.38. The van der Waals surface area contributed by atoms with Gasteiger partial charge in [0, 0.05) is 4.88 Å². The molecule has 0 aliphatic rings. The number of hydrogen-bond donors (Lipinski definition) is 1. The third-order valence-corrected chi connectivity index (χ3v) is 6.84. The van der Waals surface area contributed by atoms with Gasteiger partial charge in [-0.2, -0.15) is 0 Å². The lowest BCUT2D eigenvalue weighted by Crippen LogP contribution is -2.26. The molecule has 0 radical (unpaired) electrons. The lowest BCUT2D eigenvalue weighted by atomic mass is 10.1. The van der Waals surface area contributed by atoms with Crippen LogP contribution in [0.3, 0.4) is 0 Å². The van der Waals surface area contributed by atoms with E-state index >= 15 is 0 Å². The molecular formula is C19H21N3O2S2. The summed E-state index contributed by atoms with van der Waals surface area (Å²) in [6.07, 6.45) is 0. The van der Waals surface area contributed by atoms with Crippen molar-refractivity contribution in [3.63, 3.8) is 0 Å². The fraction of sp³-hybridized carbons (Fsp3) is 0.316. The molecule has 0 aliphatic carbocycles. The first-order valence-corrected chi connectivity index (χ1v) is 9.97. The zero-order valence-electron chi connectivity index (χ0n) is 15.4. The molecular weight excluding hydrogens is 366 g/mol. The summed E-state index contributed by atoms with van der Waals surface area (Å²) < 4.78 is 1.62. The molecule has 0 bridgehead atoms. The van der Waals surface area contributed by atoms with Crippen LogP contribution in [0, 0.1) is 27.7 Å². The van der Waals surface area contributed by atoms with E-state index in [-0.39, 0.29) is 5.56 Å². The topological polar surface area (TPSA) is 78.0 Å². The SMILES string of the molecule is Cc1cccc(-n2c(SC(C)C(N)=O)nc3sc(C)c(C)c3c2=O)c1C. The fourth-order valence-electron chi connectivity index (χ4n) is 2.76. The predicted molar refractivity (Wildman–Crippen MR) is 109 cm³/mol. The van der Waals surface area contributed by atoms with E-state index in [1.807, 2.05) is 45.9 Å². The summed E-state index contributed by atoms with van der Waals surface area (Å²) >= 11 is 2.72. The van der Waals surface area contributed by atoms with Crippen molar-refractivity contribution in [2.24, 2.45) is 5.73 Å². The molecule has 1 amide bonds. The number of thioether (sulfide) groups is 1. The first-order valence-electron chi connectivity index (χ1n) is 8.27. The van der Waals surface area contributed by atoms with E-state index in [9.17, 15) is 9.59 Å². The minimum atomic E-state index is -0.488. The first kappa shape index (κ1) is 18.7. The fourth-order valence-corrected chi connectivity index (χ4v) is 4.70. The zero-order valence-corrected chi connectivity index (χ0v) is 17.0. The van der Waals surface area contributed by atoms with Crippen molar-refractivity contribution in [1.29, 1.82) is 0 Å². The van der Waals surface area contributed by atoms with Crippen molar-refractivity contribution in [2.45, 2.75) is 45.0 Å². The second kappa shape index (κ2) is 6.89. The van der Waals surface area contributed by atoms with Crippen LogP contribution in [-0.4, -0.2) is 20.7 Å². The number of benzene rings is 1. The number of carbonyl (C=O) groups is 1. The number of carbonyl (C=O) groups excluding carboxylic acids is 1. The molecule has 3 aromatic rings. The molecule has 0 saturated heterocycles. The quantitative estimate of drug-likeness (QED) is 0.547. The van der Waals surface area contributed by atoms with Gasteiger partial charge in [0.15, 0.2) is 5.16 Å². The van der Waals surface area contributed by atoms with E-state index in [1.54, 1.807) is 11.5 Å². The Morgan fingerprint density at radius 1 is 1.23 bits per heavy atom. The summed E-state index contributed by atoms with van der Waals surface area (Å²) in [5.41, 5.74) is 9.17. The highest BCUT2D eigenvalue weighted by Crippen LogP contribution is 2.31. The molecule has 1 unspecified atom stereocenters. The largest absolute Gasteiger partial charge is 0.369 e. The van der Waals surface area contributed by atoms with Crippen LogP contribution >= 0.6 is 23.1 Å². The molecule has 0 aliphatic heterocycles. The number of fused-ring (bicyclic) bond motifs is 1. The van der Waals surface area contributed by atoms with Crippen LogP contribution in [0.5, 0.6) is 0 Å². The van der Waals surface area contributed by atoms with Gasteiger partial charge in [0.05, 0.1) is 16.3 Å². The number of rotatable bonds is 4. The van der Waals surface area contributed by atoms with Gasteiger partial charge in [-0.1, -0.05) is 23.9 Å². The number of nitrogens with two attached hydrogens (primary N) is 1. The van der Waals surface area contributed by atoms with Gasteiger partial charge in [0.1, 0.15) is 4.83 Å². The van der Waals surface area contributed by atoms with Crippen LogP contribution < -0.4 is 11.3 Å². The van der Waals surface area contributed by atoms with Crippen molar-refractivity contribution in [2.75, 3.05) is 0 Å². The minimum Gasteiger partial charge on any atom is -0.369 e. The van der Waals surface area contributed by atoms with Gasteiger partial charge in [-0.15, -0.1) is 11.3 Å². The summed E-state index contributed by atoms with van der Waals surface area (Å²) in [4.78, 5) is 31.5. The Labute approximate surface area is 160 Å². The number of hydrogen-bond acceptors (Lipinski definition) is 5.